The lowest BCUT2D eigenvalue weighted by atomic mass is 9.98. The molecule has 0 spiro atoms. The number of aromatic nitrogens is 3. The van der Waals surface area contributed by atoms with Crippen LogP contribution in [0.3, 0.4) is 0 Å². The van der Waals surface area contributed by atoms with E-state index >= 15 is 0 Å². The lowest BCUT2D eigenvalue weighted by molar-refractivity contribution is 0.0936. The van der Waals surface area contributed by atoms with Crippen LogP contribution in [0, 0.1) is 5.92 Å². The van der Waals surface area contributed by atoms with Gasteiger partial charge in [-0.3, -0.25) is 4.79 Å². The first-order valence-electron chi connectivity index (χ1n) is 13.3. The maximum absolute atomic E-state index is 12.6. The number of amides is 2. The van der Waals surface area contributed by atoms with Crippen molar-refractivity contribution in [1.82, 2.24) is 29.7 Å². The molecule has 2 aliphatic heterocycles. The van der Waals surface area contributed by atoms with Crippen LogP contribution in [0.4, 0.5) is 16.4 Å². The molecule has 0 saturated carbocycles. The number of rotatable bonds is 7. The Hall–Kier alpha value is -3.92. The van der Waals surface area contributed by atoms with Crippen LogP contribution in [0.1, 0.15) is 42.1 Å². The van der Waals surface area contributed by atoms with Gasteiger partial charge in [0.15, 0.2) is 5.65 Å². The second-order valence-corrected chi connectivity index (χ2v) is 9.93. The standard InChI is InChI=1S/C28H35N7O3/c1-3-38-28(37)34-16-12-21(13-17-34)24-7-5-15-35-25(24)31-27(32-35)30-23-10-8-22(9-11-23)26(36)29-18-20-6-4-14-33(2)19-20/h5,7-12,15,20H,3-4,6,13-14,16-19H2,1-2H3,(H,29,36)(H,30,32). The van der Waals surface area contributed by atoms with Gasteiger partial charge in [-0.15, -0.1) is 5.10 Å². The number of carbonyl (C=O) groups is 2. The first-order valence-corrected chi connectivity index (χ1v) is 13.3. The van der Waals surface area contributed by atoms with E-state index in [1.165, 1.54) is 6.42 Å². The van der Waals surface area contributed by atoms with Crippen molar-refractivity contribution in [2.24, 2.45) is 5.92 Å². The van der Waals surface area contributed by atoms with Crippen LogP contribution in [-0.2, 0) is 4.74 Å². The smallest absolute Gasteiger partial charge is 0.410 e. The van der Waals surface area contributed by atoms with Gasteiger partial charge in [0.25, 0.3) is 5.91 Å². The minimum atomic E-state index is -0.282. The summed E-state index contributed by atoms with van der Waals surface area (Å²) in [6.45, 7) is 6.15. The summed E-state index contributed by atoms with van der Waals surface area (Å²) in [4.78, 5) is 33.4. The molecule has 1 saturated heterocycles. The molecule has 2 aromatic heterocycles. The van der Waals surface area contributed by atoms with Gasteiger partial charge in [-0.05, 0) is 87.7 Å². The number of nitrogens with zero attached hydrogens (tertiary/aromatic N) is 5. The monoisotopic (exact) mass is 517 g/mol. The lowest BCUT2D eigenvalue weighted by Gasteiger charge is -2.29. The molecule has 2 N–H and O–H groups in total. The van der Waals surface area contributed by atoms with E-state index in [9.17, 15) is 9.59 Å². The number of hydrogen-bond acceptors (Lipinski definition) is 7. The second-order valence-electron chi connectivity index (χ2n) is 9.93. The van der Waals surface area contributed by atoms with Crippen LogP contribution in [-0.4, -0.2) is 82.8 Å². The molecule has 2 aliphatic rings. The largest absolute Gasteiger partial charge is 0.450 e. The molecule has 2 amide bonds. The van der Waals surface area contributed by atoms with Crippen molar-refractivity contribution in [1.29, 1.82) is 0 Å². The van der Waals surface area contributed by atoms with Crippen LogP contribution in [0.25, 0.3) is 11.2 Å². The Bertz CT molecular complexity index is 1320. The summed E-state index contributed by atoms with van der Waals surface area (Å²) in [5, 5.41) is 10.9. The van der Waals surface area contributed by atoms with Gasteiger partial charge in [-0.2, -0.15) is 4.98 Å². The zero-order chi connectivity index (χ0) is 26.5. The van der Waals surface area contributed by atoms with Gasteiger partial charge in [0.05, 0.1) is 6.61 Å². The summed E-state index contributed by atoms with van der Waals surface area (Å²) in [5.74, 6) is 0.925. The number of likely N-dealkylation sites (tertiary alicyclic amines) is 1. The number of nitrogens with one attached hydrogen (secondary N) is 2. The third-order valence-electron chi connectivity index (χ3n) is 7.12. The van der Waals surface area contributed by atoms with Gasteiger partial charge in [0.2, 0.25) is 5.95 Å². The molecule has 200 valence electrons. The molecule has 1 fully saturated rings. The molecule has 3 aromatic rings. The van der Waals surface area contributed by atoms with Gasteiger partial charge in [0.1, 0.15) is 0 Å². The van der Waals surface area contributed by atoms with Gasteiger partial charge in [-0.25, -0.2) is 9.31 Å². The minimum absolute atomic E-state index is 0.0532. The van der Waals surface area contributed by atoms with Crippen LogP contribution < -0.4 is 10.6 Å². The first kappa shape index (κ1) is 25.7. The molecule has 1 unspecified atom stereocenters. The highest BCUT2D eigenvalue weighted by Gasteiger charge is 2.21. The highest BCUT2D eigenvalue weighted by molar-refractivity contribution is 5.94. The van der Waals surface area contributed by atoms with Crippen LogP contribution in [0.15, 0.2) is 48.7 Å². The topological polar surface area (TPSA) is 104 Å². The Labute approximate surface area is 222 Å². The summed E-state index contributed by atoms with van der Waals surface area (Å²) < 4.78 is 6.86. The molecule has 1 atom stereocenters. The van der Waals surface area contributed by atoms with Crippen molar-refractivity contribution in [3.05, 3.63) is 59.8 Å². The molecule has 4 heterocycles. The fourth-order valence-electron chi connectivity index (χ4n) is 5.12. The zero-order valence-corrected chi connectivity index (χ0v) is 22.0. The van der Waals surface area contributed by atoms with Crippen molar-refractivity contribution in [3.8, 4) is 0 Å². The van der Waals surface area contributed by atoms with Gasteiger partial charge >= 0.3 is 6.09 Å². The Morgan fingerprint density at radius 2 is 2.00 bits per heavy atom. The number of pyridine rings is 1. The number of hydrogen-bond donors (Lipinski definition) is 2. The van der Waals surface area contributed by atoms with E-state index in [-0.39, 0.29) is 12.0 Å². The molecular formula is C28H35N7O3. The van der Waals surface area contributed by atoms with E-state index in [2.05, 4.69) is 27.7 Å². The molecule has 38 heavy (non-hydrogen) atoms. The number of benzene rings is 1. The van der Waals surface area contributed by atoms with Crippen LogP contribution in [0.5, 0.6) is 0 Å². The number of piperidine rings is 1. The Kier molecular flexibility index (Phi) is 7.88. The third-order valence-corrected chi connectivity index (χ3v) is 7.12. The highest BCUT2D eigenvalue weighted by atomic mass is 16.6. The fraction of sp³-hybridized carbons (Fsp3) is 0.429. The molecule has 1 aromatic carbocycles. The van der Waals surface area contributed by atoms with Crippen molar-refractivity contribution in [3.63, 3.8) is 0 Å². The predicted octanol–water partition coefficient (Wildman–Crippen LogP) is 3.79. The quantitative estimate of drug-likeness (QED) is 0.491. The van der Waals surface area contributed by atoms with E-state index in [0.29, 0.717) is 43.7 Å². The summed E-state index contributed by atoms with van der Waals surface area (Å²) in [7, 11) is 2.13. The maximum Gasteiger partial charge on any atom is 0.410 e. The summed E-state index contributed by atoms with van der Waals surface area (Å²) >= 11 is 0. The van der Waals surface area contributed by atoms with E-state index < -0.39 is 0 Å². The Morgan fingerprint density at radius 1 is 1.16 bits per heavy atom. The van der Waals surface area contributed by atoms with E-state index in [1.807, 2.05) is 55.6 Å². The van der Waals surface area contributed by atoms with Crippen LogP contribution >= 0.6 is 0 Å². The van der Waals surface area contributed by atoms with Gasteiger partial charge in [0, 0.05) is 49.2 Å². The summed E-state index contributed by atoms with van der Waals surface area (Å²) in [5.41, 5.74) is 4.30. The van der Waals surface area contributed by atoms with E-state index in [0.717, 1.165) is 48.4 Å². The number of ether oxygens (including phenoxy) is 1. The number of anilines is 2. The molecule has 0 bridgehead atoms. The fourth-order valence-corrected chi connectivity index (χ4v) is 5.12. The maximum atomic E-state index is 12.6. The third kappa shape index (κ3) is 5.96. The van der Waals surface area contributed by atoms with Gasteiger partial charge < -0.3 is 25.2 Å². The molecule has 10 nitrogen and oxygen atoms in total. The molecule has 5 rings (SSSR count). The van der Waals surface area contributed by atoms with Crippen molar-refractivity contribution in [2.45, 2.75) is 26.2 Å². The minimum Gasteiger partial charge on any atom is -0.450 e. The molecular weight excluding hydrogens is 482 g/mol. The SMILES string of the molecule is CCOC(=O)N1CC=C(c2cccn3nc(Nc4ccc(C(=O)NCC5CCCN(C)C5)cc4)nc23)CC1. The summed E-state index contributed by atoms with van der Waals surface area (Å²) in [6.07, 6.45) is 6.69. The van der Waals surface area contributed by atoms with E-state index in [4.69, 9.17) is 9.72 Å². The van der Waals surface area contributed by atoms with E-state index in [1.54, 1.807) is 9.42 Å². The van der Waals surface area contributed by atoms with Crippen molar-refractivity contribution < 1.29 is 14.3 Å². The number of fused-ring (bicyclic) bond motifs is 1. The highest BCUT2D eigenvalue weighted by Crippen LogP contribution is 2.27. The predicted molar refractivity (Wildman–Crippen MR) is 146 cm³/mol. The number of carbonyl (C=O) groups excluding carboxylic acids is 2. The normalized spacial score (nSPS) is 18.2. The molecule has 0 radical (unpaired) electrons. The second kappa shape index (κ2) is 11.6. The average molecular weight is 518 g/mol. The molecule has 0 aliphatic carbocycles. The van der Waals surface area contributed by atoms with Crippen molar-refractivity contribution >= 4 is 34.9 Å². The molecule has 10 heteroatoms. The first-order chi connectivity index (χ1) is 18.5. The van der Waals surface area contributed by atoms with Crippen molar-refractivity contribution in [2.75, 3.05) is 51.7 Å². The zero-order valence-electron chi connectivity index (χ0n) is 22.0. The lowest BCUT2D eigenvalue weighted by Crippen LogP contribution is -2.39. The Morgan fingerprint density at radius 3 is 2.74 bits per heavy atom. The average Bonchev–Trinajstić information content (AvgIpc) is 3.35. The Balaban J connectivity index is 1.22. The summed E-state index contributed by atoms with van der Waals surface area (Å²) in [6, 6.07) is 11.3. The van der Waals surface area contributed by atoms with Gasteiger partial charge in [-0.1, -0.05) is 6.08 Å². The van der Waals surface area contributed by atoms with Crippen LogP contribution in [0.2, 0.25) is 0 Å².